The fourth-order valence-corrected chi connectivity index (χ4v) is 0. The summed E-state index contributed by atoms with van der Waals surface area (Å²) in [5.41, 5.74) is 0. The van der Waals surface area contributed by atoms with Crippen LogP contribution in [-0.2, 0) is 0 Å². The summed E-state index contributed by atoms with van der Waals surface area (Å²) in [6.45, 7) is 0. The molecule has 6 N–H and O–H groups in total. The molecule has 0 radical (unpaired) electrons. The van der Waals surface area contributed by atoms with Crippen LogP contribution < -0.4 is 11.8 Å². The minimum absolute atomic E-state index is 0. The molecule has 0 unspecified atom stereocenters. The fraction of sp³-hybridized carbons (Fsp3) is 0. The van der Waals surface area contributed by atoms with Crippen molar-refractivity contribution in [2.75, 3.05) is 0 Å². The fourth-order valence-electron chi connectivity index (χ4n) is 0. The van der Waals surface area contributed by atoms with Crippen LogP contribution in [0.25, 0.3) is 0 Å². The molecule has 0 aromatic heterocycles. The Balaban J connectivity index is -0.0000000226. The predicted octanol–water partition coefficient (Wildman–Crippen LogP) is -2.19. The molecule has 0 aromatic carbocycles. The topological polar surface area (TPSA) is 225 Å². The predicted molar refractivity (Wildman–Crippen MR) is 38.4 cm³/mol. The van der Waals surface area contributed by atoms with E-state index < -0.39 is 10.2 Å². The van der Waals surface area contributed by atoms with E-state index >= 15 is 0 Å². The van der Waals surface area contributed by atoms with E-state index in [2.05, 4.69) is 11.8 Å². The minimum atomic E-state index is -1.75. The maximum atomic E-state index is 8.25. The Hall–Kier alpha value is -0.279. The van der Waals surface area contributed by atoms with E-state index in [1.54, 1.807) is 0 Å². The molecule has 0 atom stereocenters. The third kappa shape index (κ3) is 14200. The van der Waals surface area contributed by atoms with Crippen molar-refractivity contribution in [1.82, 2.24) is 0 Å². The van der Waals surface area contributed by atoms with Crippen molar-refractivity contribution in [2.45, 2.75) is 0 Å². The van der Waals surface area contributed by atoms with Crippen molar-refractivity contribution in [3.63, 3.8) is 0 Å². The molecule has 13 heteroatoms. The van der Waals surface area contributed by atoms with Crippen LogP contribution in [-0.4, -0.2) is 66.1 Å². The Bertz CT molecular complexity index is 74.1. The molecular weight excluding hydrogens is 272 g/mol. The summed E-state index contributed by atoms with van der Waals surface area (Å²) in [6.07, 6.45) is 0. The molecule has 0 aliphatic carbocycles. The first-order chi connectivity index (χ1) is 5.46. The zero-order valence-corrected chi connectivity index (χ0v) is 9.58. The van der Waals surface area contributed by atoms with Crippen molar-refractivity contribution < 1.29 is 20.6 Å². The molecule has 0 spiro atoms. The van der Waals surface area contributed by atoms with Crippen molar-refractivity contribution in [3.8, 4) is 0 Å². The van der Waals surface area contributed by atoms with Gasteiger partial charge in [-0.25, -0.2) is 11.8 Å². The molecule has 0 bridgehead atoms. The Kier molecular flexibility index (Phi) is 92.8. The van der Waals surface area contributed by atoms with Gasteiger partial charge < -0.3 is 41.1 Å². The Morgan fingerprint density at radius 3 is 0.769 bits per heavy atom. The number of hydrogen-bond donors (Lipinski definition) is 4. The molecule has 0 saturated heterocycles. The Morgan fingerprint density at radius 2 is 0.769 bits per heavy atom. The van der Waals surface area contributed by atoms with Crippen molar-refractivity contribution in [3.05, 3.63) is 30.6 Å². The average molecular weight is 278 g/mol. The summed E-state index contributed by atoms with van der Waals surface area (Å²) in [4.78, 5) is 16.5. The van der Waals surface area contributed by atoms with E-state index in [1.165, 1.54) is 0 Å². The Morgan fingerprint density at radius 1 is 0.769 bits per heavy atom. The molecule has 0 saturated carbocycles. The van der Waals surface area contributed by atoms with Gasteiger partial charge in [0.05, 0.1) is 10.2 Å². The quantitative estimate of drug-likeness (QED) is 0.212. The summed E-state index contributed by atoms with van der Waals surface area (Å²) in [7, 11) is 0. The van der Waals surface area contributed by atoms with Crippen LogP contribution in [0.2, 0.25) is 0 Å². The van der Waals surface area contributed by atoms with Gasteiger partial charge in [-0.15, -0.1) is 0 Å². The summed E-state index contributed by atoms with van der Waals surface area (Å²) in [5.74, 6) is 7.00. The summed E-state index contributed by atoms with van der Waals surface area (Å²) >= 11 is 0. The molecule has 0 aliphatic rings. The molecule has 13 heavy (non-hydrogen) atoms. The largest absolute Gasteiger partial charge is 2.00 e. The van der Waals surface area contributed by atoms with Crippen LogP contribution in [0.15, 0.2) is 0 Å². The first-order valence-electron chi connectivity index (χ1n) is 1.61. The summed E-state index contributed by atoms with van der Waals surface area (Å²) < 4.78 is 0. The number of hydrogen-bond acceptors (Lipinski definition) is 10. The monoisotopic (exact) mass is 278 g/mol. The first kappa shape index (κ1) is 29.3. The molecule has 0 rings (SSSR count). The standard InChI is InChI=1S/2NO3.2H3NO.Sr/c2*2-1(3)4;2*1-2;/h;;2*2H,1H2;/q2*-1;;;+2. The maximum Gasteiger partial charge on any atom is 2.00 e. The normalized spacial score (nSPS) is 4.62. The second kappa shape index (κ2) is 41.2. The maximum absolute atomic E-state index is 8.25. The second-order valence-corrected chi connectivity index (χ2v) is 0.447. The van der Waals surface area contributed by atoms with Crippen LogP contribution in [0.3, 0.4) is 0 Å². The molecule has 0 aliphatic heterocycles. The Labute approximate surface area is 108 Å². The molecule has 0 fully saturated rings. The van der Waals surface area contributed by atoms with Gasteiger partial charge in [0.15, 0.2) is 0 Å². The third-order valence-electron chi connectivity index (χ3n) is 0. The van der Waals surface area contributed by atoms with Crippen LogP contribution in [0, 0.1) is 30.6 Å². The third-order valence-corrected chi connectivity index (χ3v) is 0. The summed E-state index contributed by atoms with van der Waals surface area (Å²) in [6, 6.07) is 0. The van der Waals surface area contributed by atoms with Crippen molar-refractivity contribution in [2.24, 2.45) is 11.8 Å². The van der Waals surface area contributed by atoms with Gasteiger partial charge in [-0.3, -0.25) is 0 Å². The zero-order valence-electron chi connectivity index (χ0n) is 6.10. The van der Waals surface area contributed by atoms with E-state index in [1.807, 2.05) is 0 Å². The average Bonchev–Trinajstić information content (AvgIpc) is 1.93. The molecule has 0 amide bonds. The number of nitrogens with two attached hydrogens (primary N) is 2. The molecular formula is H6N4O8Sr. The van der Waals surface area contributed by atoms with Gasteiger partial charge in [-0.2, -0.15) is 0 Å². The molecule has 76 valence electrons. The number of rotatable bonds is 0. The van der Waals surface area contributed by atoms with Crippen LogP contribution >= 0.6 is 0 Å². The van der Waals surface area contributed by atoms with E-state index in [0.717, 1.165) is 0 Å². The molecule has 12 nitrogen and oxygen atoms in total. The molecule has 0 heterocycles. The van der Waals surface area contributed by atoms with Crippen LogP contribution in [0.4, 0.5) is 0 Å². The van der Waals surface area contributed by atoms with Gasteiger partial charge in [-0.05, 0) is 0 Å². The van der Waals surface area contributed by atoms with Crippen molar-refractivity contribution in [1.29, 1.82) is 0 Å². The van der Waals surface area contributed by atoms with Gasteiger partial charge >= 0.3 is 45.5 Å². The van der Waals surface area contributed by atoms with Gasteiger partial charge in [0.1, 0.15) is 0 Å². The SMILES string of the molecule is NO.NO.O=[N+]([O-])[O-].O=[N+]([O-])[O-].[Sr+2]. The van der Waals surface area contributed by atoms with E-state index in [-0.39, 0.29) is 45.5 Å². The first-order valence-corrected chi connectivity index (χ1v) is 1.61. The number of nitrogens with zero attached hydrogens (tertiary/aromatic N) is 2. The van der Waals surface area contributed by atoms with E-state index in [9.17, 15) is 0 Å². The summed E-state index contributed by atoms with van der Waals surface area (Å²) in [5, 5.41) is 42.5. The van der Waals surface area contributed by atoms with Crippen LogP contribution in [0.5, 0.6) is 0 Å². The van der Waals surface area contributed by atoms with Gasteiger partial charge in [0.25, 0.3) is 0 Å². The van der Waals surface area contributed by atoms with Gasteiger partial charge in [-0.1, -0.05) is 0 Å². The van der Waals surface area contributed by atoms with E-state index in [4.69, 9.17) is 41.1 Å². The van der Waals surface area contributed by atoms with Gasteiger partial charge in [0, 0.05) is 0 Å². The van der Waals surface area contributed by atoms with Gasteiger partial charge in [0.2, 0.25) is 0 Å². The van der Waals surface area contributed by atoms with Crippen molar-refractivity contribution >= 4 is 45.5 Å². The molecule has 0 aromatic rings. The minimum Gasteiger partial charge on any atom is -0.356 e. The smallest absolute Gasteiger partial charge is 0.356 e. The van der Waals surface area contributed by atoms with E-state index in [0.29, 0.717) is 0 Å². The zero-order chi connectivity index (χ0) is 11.2. The second-order valence-electron chi connectivity index (χ2n) is 0.447. The van der Waals surface area contributed by atoms with Crippen LogP contribution in [0.1, 0.15) is 0 Å².